The molecule has 1 aliphatic rings. The Hall–Kier alpha value is -0.790. The van der Waals surface area contributed by atoms with Gasteiger partial charge < -0.3 is 4.90 Å². The zero-order valence-corrected chi connectivity index (χ0v) is 9.00. The summed E-state index contributed by atoms with van der Waals surface area (Å²) in [5.41, 5.74) is 1.28. The quantitative estimate of drug-likeness (QED) is 0.483. The highest BCUT2D eigenvalue weighted by Gasteiger charge is 2.37. The van der Waals surface area contributed by atoms with Crippen LogP contribution in [0.5, 0.6) is 0 Å². The highest BCUT2D eigenvalue weighted by Crippen LogP contribution is 2.27. The molecule has 0 aromatic heterocycles. The first-order valence-corrected chi connectivity index (χ1v) is 5.05. The smallest absolute Gasteiger partial charge is 0.225 e. The van der Waals surface area contributed by atoms with E-state index in [1.807, 2.05) is 11.8 Å². The molecule has 0 bridgehead atoms. The molecule has 0 spiro atoms. The van der Waals surface area contributed by atoms with E-state index in [4.69, 9.17) is 0 Å². The standard InChI is InChI=1S/C11H19NO/c1-5-8(3)9(4)12-10(6-2)7-11(12)13/h5,9-10H,6-7H2,1-4H3/b8-5+. The predicted molar refractivity (Wildman–Crippen MR) is 54.4 cm³/mol. The molecular weight excluding hydrogens is 162 g/mol. The fraction of sp³-hybridized carbons (Fsp3) is 0.727. The molecule has 0 aliphatic carbocycles. The molecule has 1 saturated heterocycles. The van der Waals surface area contributed by atoms with Gasteiger partial charge in [0.2, 0.25) is 5.91 Å². The Kier molecular flexibility index (Phi) is 3.12. The largest absolute Gasteiger partial charge is 0.333 e. The zero-order valence-electron chi connectivity index (χ0n) is 9.00. The third kappa shape index (κ3) is 1.77. The molecular formula is C11H19NO. The average Bonchev–Trinajstić information content (AvgIpc) is 2.12. The van der Waals surface area contributed by atoms with E-state index in [0.29, 0.717) is 11.9 Å². The van der Waals surface area contributed by atoms with Gasteiger partial charge in [-0.25, -0.2) is 0 Å². The van der Waals surface area contributed by atoms with Crippen molar-refractivity contribution in [3.05, 3.63) is 11.6 Å². The number of hydrogen-bond acceptors (Lipinski definition) is 1. The number of amides is 1. The SMILES string of the molecule is C/C=C(\C)C(C)N1C(=O)CC1CC. The lowest BCUT2D eigenvalue weighted by Gasteiger charge is -2.44. The molecule has 13 heavy (non-hydrogen) atoms. The van der Waals surface area contributed by atoms with E-state index in [2.05, 4.69) is 26.8 Å². The second kappa shape index (κ2) is 3.95. The molecule has 2 atom stereocenters. The van der Waals surface area contributed by atoms with Crippen molar-refractivity contribution in [3.63, 3.8) is 0 Å². The van der Waals surface area contributed by atoms with Crippen molar-refractivity contribution < 1.29 is 4.79 Å². The molecule has 74 valence electrons. The first-order chi connectivity index (χ1) is 6.11. The van der Waals surface area contributed by atoms with E-state index in [-0.39, 0.29) is 6.04 Å². The molecule has 1 amide bonds. The number of likely N-dealkylation sites (tertiary alicyclic amines) is 1. The summed E-state index contributed by atoms with van der Waals surface area (Å²) in [6.07, 6.45) is 3.91. The van der Waals surface area contributed by atoms with Gasteiger partial charge in [0, 0.05) is 12.5 Å². The van der Waals surface area contributed by atoms with Gasteiger partial charge in [-0.2, -0.15) is 0 Å². The minimum absolute atomic E-state index is 0.288. The van der Waals surface area contributed by atoms with Crippen molar-refractivity contribution in [2.45, 2.75) is 52.6 Å². The maximum Gasteiger partial charge on any atom is 0.225 e. The molecule has 1 fully saturated rings. The molecule has 0 aromatic carbocycles. The Bertz CT molecular complexity index is 232. The summed E-state index contributed by atoms with van der Waals surface area (Å²) in [6, 6.07) is 0.772. The Morgan fingerprint density at radius 3 is 2.77 bits per heavy atom. The van der Waals surface area contributed by atoms with Crippen LogP contribution in [0.3, 0.4) is 0 Å². The molecule has 1 aliphatic heterocycles. The molecule has 2 heteroatoms. The summed E-state index contributed by atoms with van der Waals surface area (Å²) < 4.78 is 0. The van der Waals surface area contributed by atoms with Crippen molar-refractivity contribution in [3.8, 4) is 0 Å². The van der Waals surface area contributed by atoms with Gasteiger partial charge in [0.25, 0.3) is 0 Å². The van der Waals surface area contributed by atoms with Crippen molar-refractivity contribution >= 4 is 5.91 Å². The highest BCUT2D eigenvalue weighted by molar-refractivity contribution is 5.83. The van der Waals surface area contributed by atoms with Crippen molar-refractivity contribution in [1.29, 1.82) is 0 Å². The van der Waals surface area contributed by atoms with E-state index in [1.165, 1.54) is 5.57 Å². The Morgan fingerprint density at radius 2 is 2.38 bits per heavy atom. The van der Waals surface area contributed by atoms with E-state index >= 15 is 0 Å². The van der Waals surface area contributed by atoms with Gasteiger partial charge in [-0.15, -0.1) is 0 Å². The lowest BCUT2D eigenvalue weighted by molar-refractivity contribution is -0.148. The van der Waals surface area contributed by atoms with E-state index < -0.39 is 0 Å². The van der Waals surface area contributed by atoms with Gasteiger partial charge in [-0.3, -0.25) is 4.79 Å². The number of carbonyl (C=O) groups is 1. The number of rotatable bonds is 3. The first kappa shape index (κ1) is 10.3. The van der Waals surface area contributed by atoms with Crippen molar-refractivity contribution in [2.75, 3.05) is 0 Å². The van der Waals surface area contributed by atoms with Crippen LogP contribution in [0.25, 0.3) is 0 Å². The normalized spacial score (nSPS) is 25.8. The van der Waals surface area contributed by atoms with E-state index in [1.54, 1.807) is 0 Å². The highest BCUT2D eigenvalue weighted by atomic mass is 16.2. The molecule has 2 unspecified atom stereocenters. The summed E-state index contributed by atoms with van der Waals surface area (Å²) in [6.45, 7) is 8.36. The summed E-state index contributed by atoms with van der Waals surface area (Å²) in [4.78, 5) is 13.4. The third-order valence-corrected chi connectivity index (χ3v) is 3.09. The minimum Gasteiger partial charge on any atom is -0.333 e. The summed E-state index contributed by atoms with van der Waals surface area (Å²) in [5, 5.41) is 0. The van der Waals surface area contributed by atoms with Crippen molar-refractivity contribution in [1.82, 2.24) is 4.90 Å². The Balaban J connectivity index is 2.65. The predicted octanol–water partition coefficient (Wildman–Crippen LogP) is 2.35. The topological polar surface area (TPSA) is 20.3 Å². The minimum atomic E-state index is 0.288. The fourth-order valence-electron chi connectivity index (χ4n) is 1.83. The monoisotopic (exact) mass is 181 g/mol. The maximum atomic E-state index is 11.4. The summed E-state index contributed by atoms with van der Waals surface area (Å²) in [5.74, 6) is 0.306. The van der Waals surface area contributed by atoms with Gasteiger partial charge in [0.15, 0.2) is 0 Å². The zero-order chi connectivity index (χ0) is 10.0. The number of allylic oxidation sites excluding steroid dienone is 1. The molecule has 2 nitrogen and oxygen atoms in total. The summed E-state index contributed by atoms with van der Waals surface area (Å²) in [7, 11) is 0. The Morgan fingerprint density at radius 1 is 1.77 bits per heavy atom. The van der Waals surface area contributed by atoms with Gasteiger partial charge in [0.05, 0.1) is 6.04 Å². The number of nitrogens with zero attached hydrogens (tertiary/aromatic N) is 1. The van der Waals surface area contributed by atoms with Gasteiger partial charge in [0.1, 0.15) is 0 Å². The molecule has 0 N–H and O–H groups in total. The third-order valence-electron chi connectivity index (χ3n) is 3.09. The van der Waals surface area contributed by atoms with Crippen LogP contribution in [0.2, 0.25) is 0 Å². The lowest BCUT2D eigenvalue weighted by atomic mass is 9.94. The van der Waals surface area contributed by atoms with Crippen LogP contribution in [-0.2, 0) is 4.79 Å². The maximum absolute atomic E-state index is 11.4. The van der Waals surface area contributed by atoms with Crippen LogP contribution in [0, 0.1) is 0 Å². The number of hydrogen-bond donors (Lipinski definition) is 0. The molecule has 1 heterocycles. The van der Waals surface area contributed by atoms with Gasteiger partial charge >= 0.3 is 0 Å². The first-order valence-electron chi connectivity index (χ1n) is 5.05. The fourth-order valence-corrected chi connectivity index (χ4v) is 1.83. The van der Waals surface area contributed by atoms with Gasteiger partial charge in [-0.05, 0) is 27.2 Å². The number of carbonyl (C=O) groups excluding carboxylic acids is 1. The van der Waals surface area contributed by atoms with Crippen LogP contribution in [-0.4, -0.2) is 22.9 Å². The Labute approximate surface area is 80.6 Å². The molecule has 1 rings (SSSR count). The van der Waals surface area contributed by atoms with Crippen LogP contribution in [0.15, 0.2) is 11.6 Å². The van der Waals surface area contributed by atoms with E-state index in [0.717, 1.165) is 12.8 Å². The average molecular weight is 181 g/mol. The summed E-state index contributed by atoms with van der Waals surface area (Å²) >= 11 is 0. The van der Waals surface area contributed by atoms with Crippen LogP contribution >= 0.6 is 0 Å². The van der Waals surface area contributed by atoms with Gasteiger partial charge in [-0.1, -0.05) is 18.6 Å². The van der Waals surface area contributed by atoms with E-state index in [9.17, 15) is 4.79 Å². The second-order valence-corrected chi connectivity index (χ2v) is 3.78. The molecule has 0 aromatic rings. The second-order valence-electron chi connectivity index (χ2n) is 3.78. The lowest BCUT2D eigenvalue weighted by Crippen LogP contribution is -2.56. The van der Waals surface area contributed by atoms with Crippen LogP contribution < -0.4 is 0 Å². The van der Waals surface area contributed by atoms with Crippen molar-refractivity contribution in [2.24, 2.45) is 0 Å². The van der Waals surface area contributed by atoms with Crippen LogP contribution in [0.1, 0.15) is 40.5 Å². The molecule has 0 saturated carbocycles. The molecule has 0 radical (unpaired) electrons. The van der Waals surface area contributed by atoms with Crippen LogP contribution in [0.4, 0.5) is 0 Å². The number of β-lactam (4-membered cyclic amide) rings is 1.